The molecule has 11 heteroatoms. The van der Waals surface area contributed by atoms with Gasteiger partial charge < -0.3 is 31.9 Å². The Morgan fingerprint density at radius 2 is 1.21 bits per heavy atom. The van der Waals surface area contributed by atoms with E-state index in [0.29, 0.717) is 35.8 Å². The van der Waals surface area contributed by atoms with Crippen molar-refractivity contribution in [1.82, 2.24) is 20.6 Å². The van der Waals surface area contributed by atoms with Crippen molar-refractivity contribution >= 4 is 46.6 Å². The topological polar surface area (TPSA) is 132 Å². The number of carbonyl (C=O) groups excluding carboxylic acids is 2. The van der Waals surface area contributed by atoms with Gasteiger partial charge in [0.15, 0.2) is 11.6 Å². The first kappa shape index (κ1) is 23.3. The zero-order valence-corrected chi connectivity index (χ0v) is 18.2. The summed E-state index contributed by atoms with van der Waals surface area (Å²) in [6, 6.07) is 13.1. The van der Waals surface area contributed by atoms with E-state index in [1.54, 1.807) is 48.5 Å². The normalized spacial score (nSPS) is 10.2. The predicted octanol–water partition coefficient (Wildman–Crippen LogP) is 4.39. The van der Waals surface area contributed by atoms with Crippen molar-refractivity contribution in [2.75, 3.05) is 34.4 Å². The molecular weight excluding hydrogens is 427 g/mol. The third-order valence-electron chi connectivity index (χ3n) is 4.22. The second-order valence-electron chi connectivity index (χ2n) is 6.76. The van der Waals surface area contributed by atoms with Gasteiger partial charge in [0.2, 0.25) is 5.95 Å². The Morgan fingerprint density at radius 3 is 1.70 bits per heavy atom. The minimum Gasteiger partial charge on any atom is -0.338 e. The smallest absolute Gasteiger partial charge is 0.319 e. The van der Waals surface area contributed by atoms with Gasteiger partial charge in [-0.1, -0.05) is 0 Å². The average molecular weight is 452 g/mol. The first-order valence-electron chi connectivity index (χ1n) is 10.3. The molecule has 0 aliphatic carbocycles. The summed E-state index contributed by atoms with van der Waals surface area (Å²) in [6.45, 7) is 4.71. The molecule has 0 saturated heterocycles. The number of rotatable bonds is 8. The Kier molecular flexibility index (Phi) is 7.95. The Hall–Kier alpha value is -4.41. The van der Waals surface area contributed by atoms with Crippen LogP contribution in [-0.2, 0) is 0 Å². The highest BCUT2D eigenvalue weighted by atomic mass is 19.1. The zero-order valence-electron chi connectivity index (χ0n) is 18.2. The van der Waals surface area contributed by atoms with Crippen LogP contribution in [0.2, 0.25) is 0 Å². The number of nitrogens with one attached hydrogen (secondary N) is 6. The Labute approximate surface area is 190 Å². The van der Waals surface area contributed by atoms with Crippen molar-refractivity contribution in [3.63, 3.8) is 0 Å². The van der Waals surface area contributed by atoms with E-state index in [4.69, 9.17) is 0 Å². The van der Waals surface area contributed by atoms with E-state index in [1.807, 2.05) is 13.8 Å². The van der Waals surface area contributed by atoms with Crippen molar-refractivity contribution in [2.45, 2.75) is 13.8 Å². The molecule has 0 bridgehead atoms. The lowest BCUT2D eigenvalue weighted by Crippen LogP contribution is -2.28. The summed E-state index contributed by atoms with van der Waals surface area (Å²) in [4.78, 5) is 31.3. The third kappa shape index (κ3) is 7.06. The largest absolute Gasteiger partial charge is 0.338 e. The van der Waals surface area contributed by atoms with E-state index in [1.165, 1.54) is 0 Å². The molecule has 1 heterocycles. The number of anilines is 6. The first-order chi connectivity index (χ1) is 16.0. The van der Waals surface area contributed by atoms with Crippen LogP contribution >= 0.6 is 0 Å². The molecule has 0 aliphatic rings. The molecule has 3 rings (SSSR count). The van der Waals surface area contributed by atoms with Crippen LogP contribution < -0.4 is 31.9 Å². The summed E-state index contributed by atoms with van der Waals surface area (Å²) < 4.78 is 14.2. The van der Waals surface area contributed by atoms with Crippen molar-refractivity contribution in [3.05, 3.63) is 60.5 Å². The van der Waals surface area contributed by atoms with Crippen LogP contribution in [-0.4, -0.2) is 35.1 Å². The number of halogens is 1. The summed E-state index contributed by atoms with van der Waals surface area (Å²) in [5.41, 5.74) is 2.47. The van der Waals surface area contributed by atoms with E-state index in [0.717, 1.165) is 6.20 Å². The highest BCUT2D eigenvalue weighted by Crippen LogP contribution is 2.22. The molecule has 172 valence electrons. The molecule has 10 nitrogen and oxygen atoms in total. The van der Waals surface area contributed by atoms with Gasteiger partial charge in [-0.15, -0.1) is 0 Å². The minimum atomic E-state index is -0.619. The Balaban J connectivity index is 1.63. The summed E-state index contributed by atoms with van der Waals surface area (Å²) in [5, 5.41) is 16.6. The highest BCUT2D eigenvalue weighted by molar-refractivity contribution is 5.90. The lowest BCUT2D eigenvalue weighted by atomic mass is 10.2. The predicted molar refractivity (Wildman–Crippen MR) is 127 cm³/mol. The van der Waals surface area contributed by atoms with Crippen LogP contribution in [0, 0.1) is 5.82 Å². The number of hydrogen-bond acceptors (Lipinski definition) is 6. The van der Waals surface area contributed by atoms with E-state index < -0.39 is 5.82 Å². The highest BCUT2D eigenvalue weighted by Gasteiger charge is 2.09. The van der Waals surface area contributed by atoms with Crippen molar-refractivity contribution in [1.29, 1.82) is 0 Å². The van der Waals surface area contributed by atoms with Gasteiger partial charge in [-0.2, -0.15) is 4.98 Å². The molecule has 0 radical (unpaired) electrons. The van der Waals surface area contributed by atoms with Gasteiger partial charge in [0.25, 0.3) is 0 Å². The quantitative estimate of drug-likeness (QED) is 0.300. The van der Waals surface area contributed by atoms with Crippen molar-refractivity contribution in [2.24, 2.45) is 0 Å². The zero-order chi connectivity index (χ0) is 23.6. The van der Waals surface area contributed by atoms with E-state index in [9.17, 15) is 14.0 Å². The maximum atomic E-state index is 14.2. The number of benzene rings is 2. The third-order valence-corrected chi connectivity index (χ3v) is 4.22. The second-order valence-corrected chi connectivity index (χ2v) is 6.76. The van der Waals surface area contributed by atoms with Gasteiger partial charge in [0.05, 0.1) is 6.20 Å². The monoisotopic (exact) mass is 452 g/mol. The summed E-state index contributed by atoms with van der Waals surface area (Å²) in [6.07, 6.45) is 1.06. The minimum absolute atomic E-state index is 0.00791. The molecule has 0 spiro atoms. The van der Waals surface area contributed by atoms with Gasteiger partial charge >= 0.3 is 12.1 Å². The maximum Gasteiger partial charge on any atom is 0.319 e. The number of nitrogens with zero attached hydrogens (tertiary/aromatic N) is 2. The molecule has 33 heavy (non-hydrogen) atoms. The lowest BCUT2D eigenvalue weighted by molar-refractivity contribution is 0.251. The van der Waals surface area contributed by atoms with E-state index >= 15 is 0 Å². The number of carbonyl (C=O) groups is 2. The number of hydrogen-bond donors (Lipinski definition) is 6. The molecule has 0 unspecified atom stereocenters. The average Bonchev–Trinajstić information content (AvgIpc) is 2.79. The molecular formula is C22H25FN8O2. The van der Waals surface area contributed by atoms with Crippen molar-refractivity contribution < 1.29 is 14.0 Å². The van der Waals surface area contributed by atoms with Crippen LogP contribution in [0.5, 0.6) is 0 Å². The van der Waals surface area contributed by atoms with Gasteiger partial charge in [0.1, 0.15) is 0 Å². The van der Waals surface area contributed by atoms with Crippen LogP contribution in [0.25, 0.3) is 0 Å². The molecule has 4 amide bonds. The van der Waals surface area contributed by atoms with Crippen molar-refractivity contribution in [3.8, 4) is 0 Å². The molecule has 6 N–H and O–H groups in total. The van der Waals surface area contributed by atoms with Crippen LogP contribution in [0.1, 0.15) is 13.8 Å². The molecule has 3 aromatic rings. The van der Waals surface area contributed by atoms with Gasteiger partial charge in [0, 0.05) is 35.8 Å². The molecule has 0 atom stereocenters. The Morgan fingerprint density at radius 1 is 0.758 bits per heavy atom. The number of amides is 4. The summed E-state index contributed by atoms with van der Waals surface area (Å²) in [5.74, 6) is -0.434. The van der Waals surface area contributed by atoms with Crippen LogP contribution in [0.4, 0.5) is 48.5 Å². The molecule has 2 aromatic carbocycles. The van der Waals surface area contributed by atoms with Gasteiger partial charge in [-0.25, -0.2) is 19.0 Å². The Bertz CT molecular complexity index is 1090. The SMILES string of the molecule is CCNC(=O)Nc1ccc(Nc2ncc(F)c(Nc3ccc(NC(=O)NCC)cc3)n2)cc1. The van der Waals surface area contributed by atoms with Gasteiger partial charge in [-0.3, -0.25) is 0 Å². The second kappa shape index (κ2) is 11.3. The lowest BCUT2D eigenvalue weighted by Gasteiger charge is -2.11. The maximum absolute atomic E-state index is 14.2. The molecule has 0 aliphatic heterocycles. The summed E-state index contributed by atoms with van der Waals surface area (Å²) >= 11 is 0. The first-order valence-corrected chi connectivity index (χ1v) is 10.3. The van der Waals surface area contributed by atoms with Gasteiger partial charge in [-0.05, 0) is 62.4 Å². The fourth-order valence-electron chi connectivity index (χ4n) is 2.73. The molecule has 0 saturated carbocycles. The molecule has 0 fully saturated rings. The standard InChI is InChI=1S/C22H25FN8O2/c1-3-24-21(32)29-16-9-5-14(6-10-16)27-19-18(23)13-26-20(31-19)28-15-7-11-17(12-8-15)30-22(33)25-4-2/h5-13H,3-4H2,1-2H3,(H2,24,29,32)(H2,25,30,33)(H2,26,27,28,31). The van der Waals surface area contributed by atoms with Crippen LogP contribution in [0.15, 0.2) is 54.7 Å². The summed E-state index contributed by atoms with van der Waals surface area (Å²) in [7, 11) is 0. The van der Waals surface area contributed by atoms with Crippen LogP contribution in [0.3, 0.4) is 0 Å². The number of urea groups is 2. The fraction of sp³-hybridized carbons (Fsp3) is 0.182. The fourth-order valence-corrected chi connectivity index (χ4v) is 2.73. The van der Waals surface area contributed by atoms with E-state index in [-0.39, 0.29) is 23.8 Å². The number of aromatic nitrogens is 2. The van der Waals surface area contributed by atoms with E-state index in [2.05, 4.69) is 41.9 Å². The molecule has 1 aromatic heterocycles.